The highest BCUT2D eigenvalue weighted by molar-refractivity contribution is 6.33. The Kier molecular flexibility index (Phi) is 8.13. The fraction of sp³-hybridized carbons (Fsp3) is 0.318. The third kappa shape index (κ3) is 6.25. The van der Waals surface area contributed by atoms with Crippen LogP contribution in [0.15, 0.2) is 42.6 Å². The summed E-state index contributed by atoms with van der Waals surface area (Å²) in [6.07, 6.45) is -3.28. The number of carbonyl (C=O) groups is 2. The first kappa shape index (κ1) is 25.5. The van der Waals surface area contributed by atoms with Crippen molar-refractivity contribution in [2.75, 3.05) is 31.6 Å². The minimum atomic E-state index is -5.19. The number of hydrogen-bond donors (Lipinski definition) is 3. The zero-order valence-electron chi connectivity index (χ0n) is 18.2. The standard InChI is InChI=1S/C20H21ClN4O2.C2HF3O2/c1-14-5-4-8-25-18(14)17(13-24-9-11-27-12-10-24)22-19(25)20(26)23-16-7-3-2-6-15(16)21;3-2(4,5)1(6)7/h2-8H,9-13H2,1H3,(H,23,26);(H,6,7)/p+1. The molecule has 1 amide bonds. The van der Waals surface area contributed by atoms with Gasteiger partial charge in [0, 0.05) is 5.56 Å². The number of aryl methyl sites for hydroxylation is 1. The molecular formula is C22H23ClF3N4O4+. The van der Waals surface area contributed by atoms with Crippen LogP contribution in [0.25, 0.3) is 5.52 Å². The molecule has 0 bridgehead atoms. The van der Waals surface area contributed by atoms with E-state index in [1.165, 1.54) is 4.90 Å². The summed E-state index contributed by atoms with van der Waals surface area (Å²) in [6, 6.07) is 11.3. The molecule has 182 valence electrons. The molecule has 3 aromatic rings. The number of quaternary nitrogens is 1. The Morgan fingerprint density at radius 3 is 2.47 bits per heavy atom. The van der Waals surface area contributed by atoms with Crippen molar-refractivity contribution in [2.24, 2.45) is 0 Å². The topological polar surface area (TPSA) is 103 Å². The molecule has 1 aromatic carbocycles. The van der Waals surface area contributed by atoms with Crippen LogP contribution in [-0.4, -0.2) is 49.3 Å². The minimum absolute atomic E-state index is 0.216. The van der Waals surface area contributed by atoms with Crippen LogP contribution in [-0.2, 0) is 16.1 Å². The van der Waals surface area contributed by atoms with Gasteiger partial charge in [-0.1, -0.05) is 29.8 Å². The number of alkyl halides is 3. The van der Waals surface area contributed by atoms with Crippen molar-refractivity contribution in [3.63, 3.8) is 0 Å². The molecule has 3 heterocycles. The maximum atomic E-state index is 12.9. The van der Waals surface area contributed by atoms with Gasteiger partial charge in [-0.05, 0) is 25.1 Å². The summed E-state index contributed by atoms with van der Waals surface area (Å²) in [5.41, 5.74) is 3.85. The van der Waals surface area contributed by atoms with Crippen molar-refractivity contribution >= 4 is 34.7 Å². The highest BCUT2D eigenvalue weighted by Crippen LogP contribution is 2.21. The van der Waals surface area contributed by atoms with Gasteiger partial charge in [0.05, 0.1) is 30.1 Å². The van der Waals surface area contributed by atoms with Gasteiger partial charge in [-0.15, -0.1) is 0 Å². The summed E-state index contributed by atoms with van der Waals surface area (Å²) in [7, 11) is 0. The number of carboxylic acids is 1. The number of nitrogens with zero attached hydrogens (tertiary/aromatic N) is 1. The molecule has 0 spiro atoms. The predicted octanol–water partition coefficient (Wildman–Crippen LogP) is 0.681. The summed E-state index contributed by atoms with van der Waals surface area (Å²) in [4.78, 5) is 26.5. The van der Waals surface area contributed by atoms with Gasteiger partial charge in [0.1, 0.15) is 25.6 Å². The quantitative estimate of drug-likeness (QED) is 0.459. The Bertz CT molecular complexity index is 1180. The Balaban J connectivity index is 0.000000406. The number of anilines is 1. The van der Waals surface area contributed by atoms with E-state index in [0.29, 0.717) is 16.5 Å². The summed E-state index contributed by atoms with van der Waals surface area (Å²) in [5.74, 6) is -2.73. The number of carbonyl (C=O) groups excluding carboxylic acids is 2. The Hall–Kier alpha value is -3.15. The summed E-state index contributed by atoms with van der Waals surface area (Å²) < 4.78 is 38.9. The van der Waals surface area contributed by atoms with Crippen molar-refractivity contribution in [3.05, 3.63) is 64.7 Å². The molecular weight excluding hydrogens is 477 g/mol. The summed E-state index contributed by atoms with van der Waals surface area (Å²) >= 11 is 6.19. The second-order valence-corrected chi connectivity index (χ2v) is 8.03. The SMILES string of the molecule is Cc1ccc[n+]2c(C(=O)Nc3ccccc3Cl)[nH]c(C[NH+]3CCOCC3)c12.O=C([O-])C(F)(F)F. The van der Waals surface area contributed by atoms with Crippen LogP contribution in [0.5, 0.6) is 0 Å². The van der Waals surface area contributed by atoms with Crippen LogP contribution in [0, 0.1) is 6.92 Å². The monoisotopic (exact) mass is 499 g/mol. The van der Waals surface area contributed by atoms with E-state index in [4.69, 9.17) is 26.2 Å². The van der Waals surface area contributed by atoms with Gasteiger partial charge < -0.3 is 24.9 Å². The van der Waals surface area contributed by atoms with Crippen LogP contribution in [0.4, 0.5) is 18.9 Å². The number of amides is 1. The van der Waals surface area contributed by atoms with Crippen LogP contribution in [0.3, 0.4) is 0 Å². The highest BCUT2D eigenvalue weighted by atomic mass is 35.5. The zero-order chi connectivity index (χ0) is 24.9. The molecule has 3 N–H and O–H groups in total. The van der Waals surface area contributed by atoms with E-state index in [0.717, 1.165) is 49.6 Å². The number of imidazole rings is 1. The maximum Gasteiger partial charge on any atom is 0.430 e. The van der Waals surface area contributed by atoms with E-state index in [1.54, 1.807) is 12.1 Å². The van der Waals surface area contributed by atoms with Gasteiger partial charge in [-0.2, -0.15) is 17.6 Å². The average molecular weight is 500 g/mol. The molecule has 0 aliphatic carbocycles. The molecule has 4 rings (SSSR count). The number of fused-ring (bicyclic) bond motifs is 1. The molecule has 0 radical (unpaired) electrons. The number of H-pyrrole nitrogens is 1. The number of carboxylic acid groups (broad SMARTS) is 1. The Morgan fingerprint density at radius 2 is 1.85 bits per heavy atom. The number of aliphatic carboxylic acids is 1. The van der Waals surface area contributed by atoms with E-state index in [1.807, 2.05) is 28.8 Å². The molecule has 1 aliphatic rings. The van der Waals surface area contributed by atoms with Crippen LogP contribution >= 0.6 is 11.6 Å². The van der Waals surface area contributed by atoms with Gasteiger partial charge in [-0.25, -0.2) is 4.98 Å². The van der Waals surface area contributed by atoms with E-state index in [-0.39, 0.29) is 5.91 Å². The van der Waals surface area contributed by atoms with E-state index in [2.05, 4.69) is 23.3 Å². The first-order chi connectivity index (χ1) is 16.1. The third-order valence-corrected chi connectivity index (χ3v) is 5.52. The van der Waals surface area contributed by atoms with Crippen molar-refractivity contribution < 1.29 is 41.9 Å². The number of rotatable bonds is 4. The van der Waals surface area contributed by atoms with E-state index in [9.17, 15) is 18.0 Å². The predicted molar refractivity (Wildman–Crippen MR) is 114 cm³/mol. The molecule has 0 saturated carbocycles. The summed E-state index contributed by atoms with van der Waals surface area (Å²) in [5, 5.41) is 12.2. The molecule has 1 aliphatic heterocycles. The van der Waals surface area contributed by atoms with Crippen molar-refractivity contribution in [1.82, 2.24) is 4.98 Å². The van der Waals surface area contributed by atoms with Gasteiger partial charge in [0.15, 0.2) is 5.52 Å². The molecule has 8 nitrogen and oxygen atoms in total. The number of benzene rings is 1. The van der Waals surface area contributed by atoms with Crippen molar-refractivity contribution in [2.45, 2.75) is 19.6 Å². The number of nitrogens with one attached hydrogen (secondary N) is 3. The zero-order valence-corrected chi connectivity index (χ0v) is 18.9. The first-order valence-corrected chi connectivity index (χ1v) is 10.7. The lowest BCUT2D eigenvalue weighted by atomic mass is 10.2. The fourth-order valence-corrected chi connectivity index (χ4v) is 3.76. The normalized spacial score (nSPS) is 14.4. The average Bonchev–Trinajstić information content (AvgIpc) is 3.15. The summed E-state index contributed by atoms with van der Waals surface area (Å²) in [6.45, 7) is 6.39. The minimum Gasteiger partial charge on any atom is -0.542 e. The van der Waals surface area contributed by atoms with Crippen LogP contribution in [0.1, 0.15) is 21.9 Å². The second kappa shape index (κ2) is 10.9. The van der Waals surface area contributed by atoms with Gasteiger partial charge in [-0.3, -0.25) is 4.79 Å². The number of aromatic amines is 1. The van der Waals surface area contributed by atoms with Crippen LogP contribution in [0.2, 0.25) is 5.02 Å². The molecule has 0 unspecified atom stereocenters. The number of morpholine rings is 1. The van der Waals surface area contributed by atoms with E-state index < -0.39 is 12.1 Å². The number of ether oxygens (including phenoxy) is 1. The largest absolute Gasteiger partial charge is 0.542 e. The first-order valence-electron chi connectivity index (χ1n) is 10.3. The Labute approximate surface area is 197 Å². The lowest BCUT2D eigenvalue weighted by Crippen LogP contribution is -3.12. The highest BCUT2D eigenvalue weighted by Gasteiger charge is 2.30. The fourth-order valence-electron chi connectivity index (χ4n) is 3.57. The number of halogens is 4. The van der Waals surface area contributed by atoms with Gasteiger partial charge in [0.25, 0.3) is 0 Å². The lowest BCUT2D eigenvalue weighted by molar-refractivity contribution is -0.921. The van der Waals surface area contributed by atoms with E-state index >= 15 is 0 Å². The maximum absolute atomic E-state index is 12.9. The molecule has 1 fully saturated rings. The Morgan fingerprint density at radius 1 is 1.21 bits per heavy atom. The number of hydrogen-bond acceptors (Lipinski definition) is 4. The smallest absolute Gasteiger partial charge is 0.430 e. The van der Waals surface area contributed by atoms with Crippen molar-refractivity contribution in [3.8, 4) is 0 Å². The van der Waals surface area contributed by atoms with Gasteiger partial charge >= 0.3 is 17.9 Å². The van der Waals surface area contributed by atoms with Crippen LogP contribution < -0.4 is 19.7 Å². The van der Waals surface area contributed by atoms with Gasteiger partial charge in [0.2, 0.25) is 5.69 Å². The van der Waals surface area contributed by atoms with Crippen molar-refractivity contribution in [1.29, 1.82) is 0 Å². The molecule has 34 heavy (non-hydrogen) atoms. The number of pyridine rings is 1. The molecule has 12 heteroatoms. The molecule has 0 atom stereocenters. The third-order valence-electron chi connectivity index (χ3n) is 5.19. The second-order valence-electron chi connectivity index (χ2n) is 7.62. The lowest BCUT2D eigenvalue weighted by Gasteiger charge is -2.22. The number of aromatic nitrogens is 2. The molecule has 1 saturated heterocycles. The number of para-hydroxylation sites is 1. The molecule has 2 aromatic heterocycles.